The Morgan fingerprint density at radius 1 is 1.30 bits per heavy atom. The van der Waals surface area contributed by atoms with Crippen LogP contribution >= 0.6 is 0 Å². The van der Waals surface area contributed by atoms with Crippen LogP contribution in [0.2, 0.25) is 0 Å². The number of hydrogen-bond donors (Lipinski definition) is 1. The van der Waals surface area contributed by atoms with Gasteiger partial charge in [0, 0.05) is 24.4 Å². The molecule has 0 aromatic carbocycles. The zero-order valence-electron chi connectivity index (χ0n) is 17.1. The van der Waals surface area contributed by atoms with E-state index in [2.05, 4.69) is 37.8 Å². The summed E-state index contributed by atoms with van der Waals surface area (Å²) < 4.78 is 0. The van der Waals surface area contributed by atoms with Gasteiger partial charge < -0.3 is 10.0 Å². The Kier molecular flexibility index (Phi) is 4.66. The van der Waals surface area contributed by atoms with Crippen molar-refractivity contribution in [1.29, 1.82) is 5.26 Å². The fraction of sp³-hybridized carbons (Fsp3) is 0.826. The van der Waals surface area contributed by atoms with Crippen molar-refractivity contribution in [2.75, 3.05) is 0 Å². The SMILES string of the molecule is C[C@H](CCC#N)N1C(=O)C[C@H]2[C@@H]3CC=C4C[C@@H](O)CC[C@]4(C)[C@H]3CC[C@@]21C. The lowest BCUT2D eigenvalue weighted by Crippen LogP contribution is -2.58. The highest BCUT2D eigenvalue weighted by Gasteiger charge is 2.60. The molecule has 1 heterocycles. The molecular weight excluding hydrogens is 336 g/mol. The van der Waals surface area contributed by atoms with Crippen LogP contribution in [-0.4, -0.2) is 33.6 Å². The van der Waals surface area contributed by atoms with Crippen LogP contribution in [0.5, 0.6) is 0 Å². The van der Waals surface area contributed by atoms with E-state index in [0.717, 1.165) is 38.5 Å². The van der Waals surface area contributed by atoms with Gasteiger partial charge in [-0.15, -0.1) is 0 Å². The average Bonchev–Trinajstić information content (AvgIpc) is 2.90. The van der Waals surface area contributed by atoms with Crippen LogP contribution in [0.15, 0.2) is 11.6 Å². The summed E-state index contributed by atoms with van der Waals surface area (Å²) in [5.74, 6) is 1.94. The van der Waals surface area contributed by atoms with E-state index in [9.17, 15) is 9.90 Å². The summed E-state index contributed by atoms with van der Waals surface area (Å²) in [6, 6.07) is 2.39. The zero-order valence-corrected chi connectivity index (χ0v) is 17.1. The first-order valence-electron chi connectivity index (χ1n) is 10.9. The minimum absolute atomic E-state index is 0.0526. The number of fused-ring (bicyclic) bond motifs is 5. The second-order valence-corrected chi connectivity index (χ2v) is 10.1. The minimum Gasteiger partial charge on any atom is -0.393 e. The van der Waals surface area contributed by atoms with Crippen molar-refractivity contribution in [3.63, 3.8) is 0 Å². The highest BCUT2D eigenvalue weighted by atomic mass is 16.3. The molecule has 4 heteroatoms. The maximum Gasteiger partial charge on any atom is 0.223 e. The van der Waals surface area contributed by atoms with Gasteiger partial charge >= 0.3 is 0 Å². The summed E-state index contributed by atoms with van der Waals surface area (Å²) in [6.45, 7) is 6.86. The molecule has 2 saturated carbocycles. The summed E-state index contributed by atoms with van der Waals surface area (Å²) in [4.78, 5) is 15.2. The molecular formula is C23H34N2O2. The predicted molar refractivity (Wildman–Crippen MR) is 105 cm³/mol. The largest absolute Gasteiger partial charge is 0.393 e. The van der Waals surface area contributed by atoms with E-state index in [1.54, 1.807) is 0 Å². The molecule has 7 atom stereocenters. The number of allylic oxidation sites excluding steroid dienone is 1. The molecule has 1 amide bonds. The van der Waals surface area contributed by atoms with Crippen LogP contribution in [-0.2, 0) is 4.79 Å². The van der Waals surface area contributed by atoms with Crippen molar-refractivity contribution >= 4 is 5.91 Å². The van der Waals surface area contributed by atoms with Crippen molar-refractivity contribution < 1.29 is 9.90 Å². The second kappa shape index (κ2) is 6.62. The fourth-order valence-corrected chi connectivity index (χ4v) is 7.34. The first-order valence-corrected chi connectivity index (χ1v) is 10.9. The van der Waals surface area contributed by atoms with Gasteiger partial charge in [0.15, 0.2) is 0 Å². The van der Waals surface area contributed by atoms with E-state index in [1.807, 2.05) is 0 Å². The Morgan fingerprint density at radius 2 is 2.07 bits per heavy atom. The Balaban J connectivity index is 1.62. The topological polar surface area (TPSA) is 64.3 Å². The number of aliphatic hydroxyl groups is 1. The summed E-state index contributed by atoms with van der Waals surface area (Å²) in [6.07, 6.45) is 10.4. The summed E-state index contributed by atoms with van der Waals surface area (Å²) in [5.41, 5.74) is 1.64. The van der Waals surface area contributed by atoms with E-state index in [0.29, 0.717) is 36.5 Å². The highest BCUT2D eigenvalue weighted by Crippen LogP contribution is 2.62. The van der Waals surface area contributed by atoms with E-state index in [1.165, 1.54) is 12.0 Å². The normalized spacial score (nSPS) is 44.6. The summed E-state index contributed by atoms with van der Waals surface area (Å²) >= 11 is 0. The Morgan fingerprint density at radius 3 is 2.81 bits per heavy atom. The molecule has 1 N–H and O–H groups in total. The van der Waals surface area contributed by atoms with E-state index in [4.69, 9.17) is 5.26 Å². The number of nitrogens with zero attached hydrogens (tertiary/aromatic N) is 2. The van der Waals surface area contributed by atoms with Crippen LogP contribution in [0.1, 0.15) is 78.6 Å². The number of carbonyl (C=O) groups excluding carboxylic acids is 1. The van der Waals surface area contributed by atoms with Crippen LogP contribution in [0, 0.1) is 34.5 Å². The molecule has 0 radical (unpaired) electrons. The van der Waals surface area contributed by atoms with Crippen LogP contribution in [0.4, 0.5) is 0 Å². The van der Waals surface area contributed by atoms with Gasteiger partial charge in [-0.25, -0.2) is 0 Å². The molecule has 0 bridgehead atoms. The number of hydrogen-bond acceptors (Lipinski definition) is 3. The lowest BCUT2D eigenvalue weighted by Gasteiger charge is -2.58. The molecule has 4 aliphatic rings. The number of likely N-dealkylation sites (tertiary alicyclic amines) is 1. The third kappa shape index (κ3) is 2.77. The Hall–Kier alpha value is -1.34. The van der Waals surface area contributed by atoms with Gasteiger partial charge in [0.2, 0.25) is 5.91 Å². The molecule has 0 aromatic heterocycles. The molecule has 27 heavy (non-hydrogen) atoms. The smallest absolute Gasteiger partial charge is 0.223 e. The molecule has 148 valence electrons. The zero-order chi connectivity index (χ0) is 19.4. The summed E-state index contributed by atoms with van der Waals surface area (Å²) in [7, 11) is 0. The van der Waals surface area contributed by atoms with Crippen LogP contribution in [0.3, 0.4) is 0 Å². The first-order chi connectivity index (χ1) is 12.8. The maximum absolute atomic E-state index is 13.0. The molecule has 3 aliphatic carbocycles. The fourth-order valence-electron chi connectivity index (χ4n) is 7.34. The van der Waals surface area contributed by atoms with Crippen molar-refractivity contribution in [2.45, 2.75) is 96.2 Å². The van der Waals surface area contributed by atoms with Gasteiger partial charge in [-0.05, 0) is 82.0 Å². The third-order valence-corrected chi connectivity index (χ3v) is 8.76. The van der Waals surface area contributed by atoms with Gasteiger partial charge in [-0.1, -0.05) is 18.6 Å². The van der Waals surface area contributed by atoms with Gasteiger partial charge in [-0.2, -0.15) is 5.26 Å². The lowest BCUT2D eigenvalue weighted by molar-refractivity contribution is -0.135. The standard InChI is InChI=1S/C23H34N2O2/c1-15(5-4-12-24)25-21(27)14-20-18-7-6-16-13-17(26)8-10-22(16,2)19(18)9-11-23(20,25)3/h6,15,17-20,26H,4-5,7-11,13-14H2,1-3H3/t15-,17+,18-,19+,20+,22+,23+/m1/s1. The minimum atomic E-state index is -0.167. The predicted octanol–water partition coefficient (Wildman–Crippen LogP) is 4.19. The van der Waals surface area contributed by atoms with Crippen LogP contribution in [0.25, 0.3) is 0 Å². The van der Waals surface area contributed by atoms with E-state index in [-0.39, 0.29) is 23.1 Å². The van der Waals surface area contributed by atoms with Crippen molar-refractivity contribution in [3.8, 4) is 6.07 Å². The molecule has 0 aromatic rings. The molecule has 0 unspecified atom stereocenters. The monoisotopic (exact) mass is 370 g/mol. The number of aliphatic hydroxyl groups excluding tert-OH is 1. The second-order valence-electron chi connectivity index (χ2n) is 10.1. The molecule has 4 rings (SSSR count). The third-order valence-electron chi connectivity index (χ3n) is 8.76. The molecule has 4 nitrogen and oxygen atoms in total. The van der Waals surface area contributed by atoms with Gasteiger partial charge in [0.1, 0.15) is 0 Å². The molecule has 0 spiro atoms. The number of nitriles is 1. The van der Waals surface area contributed by atoms with Gasteiger partial charge in [0.05, 0.1) is 12.2 Å². The molecule has 1 aliphatic heterocycles. The maximum atomic E-state index is 13.0. The van der Waals surface area contributed by atoms with Gasteiger partial charge in [0.25, 0.3) is 0 Å². The van der Waals surface area contributed by atoms with Gasteiger partial charge in [-0.3, -0.25) is 4.79 Å². The van der Waals surface area contributed by atoms with Crippen molar-refractivity contribution in [1.82, 2.24) is 4.90 Å². The Bertz CT molecular complexity index is 695. The molecule has 1 saturated heterocycles. The highest BCUT2D eigenvalue weighted by molar-refractivity contribution is 5.81. The average molecular weight is 371 g/mol. The number of rotatable bonds is 3. The van der Waals surface area contributed by atoms with Crippen LogP contribution < -0.4 is 0 Å². The van der Waals surface area contributed by atoms with E-state index >= 15 is 0 Å². The first kappa shape index (κ1) is 19.0. The lowest BCUT2D eigenvalue weighted by atomic mass is 9.49. The Labute approximate surface area is 163 Å². The van der Waals surface area contributed by atoms with Crippen molar-refractivity contribution in [3.05, 3.63) is 11.6 Å². The quantitative estimate of drug-likeness (QED) is 0.758. The number of amides is 1. The van der Waals surface area contributed by atoms with E-state index < -0.39 is 0 Å². The number of carbonyl (C=O) groups is 1. The molecule has 3 fully saturated rings. The van der Waals surface area contributed by atoms with Crippen molar-refractivity contribution in [2.24, 2.45) is 23.2 Å². The summed E-state index contributed by atoms with van der Waals surface area (Å²) in [5, 5.41) is 19.1.